The summed E-state index contributed by atoms with van der Waals surface area (Å²) in [4.78, 5) is 0. The van der Waals surface area contributed by atoms with E-state index in [1.807, 2.05) is 12.3 Å². The number of nitrogens with zero attached hydrogens (tertiary/aromatic N) is 4. The Morgan fingerprint density at radius 3 is 2.82 bits per heavy atom. The normalized spacial score (nSPS) is 11.3. The fourth-order valence-corrected chi connectivity index (χ4v) is 1.59. The minimum atomic E-state index is 0.0625. The van der Waals surface area contributed by atoms with Crippen LogP contribution >= 0.6 is 0 Å². The lowest BCUT2D eigenvalue weighted by Crippen LogP contribution is -2.03. The van der Waals surface area contributed by atoms with E-state index in [1.165, 1.54) is 0 Å². The van der Waals surface area contributed by atoms with Gasteiger partial charge >= 0.3 is 0 Å². The van der Waals surface area contributed by atoms with E-state index in [1.54, 1.807) is 15.6 Å². The van der Waals surface area contributed by atoms with E-state index in [9.17, 15) is 0 Å². The van der Waals surface area contributed by atoms with Crippen LogP contribution in [0.2, 0.25) is 0 Å². The van der Waals surface area contributed by atoms with Gasteiger partial charge in [0.15, 0.2) is 0 Å². The molecule has 2 rings (SSSR count). The van der Waals surface area contributed by atoms with Gasteiger partial charge in [0.25, 0.3) is 0 Å². The van der Waals surface area contributed by atoms with Crippen molar-refractivity contribution in [1.29, 1.82) is 0 Å². The molecule has 92 valence electrons. The molecular formula is C11H17N5O. The van der Waals surface area contributed by atoms with E-state index in [0.717, 1.165) is 11.4 Å². The van der Waals surface area contributed by atoms with Gasteiger partial charge in [-0.15, -0.1) is 0 Å². The number of aromatic nitrogens is 4. The Morgan fingerprint density at radius 1 is 1.47 bits per heavy atom. The maximum Gasteiger partial charge on any atom is 0.127 e. The molecule has 0 saturated carbocycles. The first-order valence-electron chi connectivity index (χ1n) is 5.61. The molecule has 0 unspecified atom stereocenters. The minimum absolute atomic E-state index is 0.0625. The van der Waals surface area contributed by atoms with Gasteiger partial charge in [0.2, 0.25) is 0 Å². The van der Waals surface area contributed by atoms with E-state index >= 15 is 0 Å². The van der Waals surface area contributed by atoms with Gasteiger partial charge < -0.3 is 10.8 Å². The second-order valence-electron chi connectivity index (χ2n) is 4.25. The maximum atomic E-state index is 8.82. The summed E-state index contributed by atoms with van der Waals surface area (Å²) >= 11 is 0. The summed E-state index contributed by atoms with van der Waals surface area (Å²) in [6.45, 7) is 4.67. The molecule has 6 heteroatoms. The molecule has 0 aliphatic heterocycles. The van der Waals surface area contributed by atoms with Crippen molar-refractivity contribution < 1.29 is 5.11 Å². The molecule has 0 aromatic carbocycles. The summed E-state index contributed by atoms with van der Waals surface area (Å²) in [6, 6.07) is 1.87. The monoisotopic (exact) mass is 235 g/mol. The average molecular weight is 235 g/mol. The van der Waals surface area contributed by atoms with Crippen LogP contribution in [0.3, 0.4) is 0 Å². The number of rotatable bonds is 4. The molecule has 0 amide bonds. The molecule has 0 atom stereocenters. The van der Waals surface area contributed by atoms with Gasteiger partial charge in [-0.3, -0.25) is 4.68 Å². The molecule has 6 nitrogen and oxygen atoms in total. The van der Waals surface area contributed by atoms with Crippen LogP contribution in [0.15, 0.2) is 18.5 Å². The zero-order valence-corrected chi connectivity index (χ0v) is 10.0. The van der Waals surface area contributed by atoms with Crippen LogP contribution in [-0.2, 0) is 6.54 Å². The zero-order valence-electron chi connectivity index (χ0n) is 10.0. The third-order valence-electron chi connectivity index (χ3n) is 2.54. The molecule has 17 heavy (non-hydrogen) atoms. The molecule has 0 bridgehead atoms. The number of hydrogen-bond donors (Lipinski definition) is 2. The van der Waals surface area contributed by atoms with Gasteiger partial charge in [-0.25, -0.2) is 4.68 Å². The van der Waals surface area contributed by atoms with Crippen molar-refractivity contribution in [3.05, 3.63) is 24.2 Å². The van der Waals surface area contributed by atoms with Crippen LogP contribution in [-0.4, -0.2) is 31.3 Å². The fraction of sp³-hybridized carbons (Fsp3) is 0.455. The predicted octanol–water partition coefficient (Wildman–Crippen LogP) is 0.767. The van der Waals surface area contributed by atoms with Crippen LogP contribution in [0.4, 0.5) is 5.82 Å². The number of hydrogen-bond acceptors (Lipinski definition) is 4. The zero-order chi connectivity index (χ0) is 12.4. The highest BCUT2D eigenvalue weighted by Crippen LogP contribution is 2.19. The van der Waals surface area contributed by atoms with E-state index < -0.39 is 0 Å². The molecule has 0 aliphatic carbocycles. The van der Waals surface area contributed by atoms with Crippen molar-refractivity contribution in [3.63, 3.8) is 0 Å². The maximum absolute atomic E-state index is 8.82. The van der Waals surface area contributed by atoms with Gasteiger partial charge in [0.1, 0.15) is 11.5 Å². The molecule has 0 aliphatic rings. The van der Waals surface area contributed by atoms with Crippen molar-refractivity contribution in [3.8, 4) is 5.69 Å². The first kappa shape index (κ1) is 11.7. The summed E-state index contributed by atoms with van der Waals surface area (Å²) in [5, 5.41) is 17.4. The van der Waals surface area contributed by atoms with Crippen molar-refractivity contribution in [2.75, 3.05) is 12.3 Å². The summed E-state index contributed by atoms with van der Waals surface area (Å²) in [7, 11) is 0. The largest absolute Gasteiger partial charge is 0.394 e. The van der Waals surface area contributed by atoms with Crippen LogP contribution < -0.4 is 5.73 Å². The first-order valence-corrected chi connectivity index (χ1v) is 5.61. The molecular weight excluding hydrogens is 218 g/mol. The van der Waals surface area contributed by atoms with Crippen LogP contribution in [0, 0.1) is 0 Å². The Bertz CT molecular complexity index is 500. The van der Waals surface area contributed by atoms with E-state index in [0.29, 0.717) is 18.3 Å². The Labute approximate surface area is 99.7 Å². The highest BCUT2D eigenvalue weighted by molar-refractivity contribution is 5.41. The van der Waals surface area contributed by atoms with E-state index in [-0.39, 0.29) is 6.61 Å². The Hall–Kier alpha value is -1.82. The van der Waals surface area contributed by atoms with Crippen LogP contribution in [0.25, 0.3) is 5.69 Å². The Kier molecular flexibility index (Phi) is 3.14. The number of anilines is 1. The summed E-state index contributed by atoms with van der Waals surface area (Å²) in [6.07, 6.45) is 3.49. The lowest BCUT2D eigenvalue weighted by molar-refractivity contribution is 0.269. The minimum Gasteiger partial charge on any atom is -0.394 e. The topological polar surface area (TPSA) is 81.9 Å². The van der Waals surface area contributed by atoms with Crippen molar-refractivity contribution in [1.82, 2.24) is 19.6 Å². The molecule has 0 saturated heterocycles. The lowest BCUT2D eigenvalue weighted by atomic mass is 10.1. The SMILES string of the molecule is CC(C)c1cc(N)n(-c2cnn(CCO)c2)n1. The lowest BCUT2D eigenvalue weighted by Gasteiger charge is -2.00. The number of nitrogen functional groups attached to an aromatic ring is 1. The van der Waals surface area contributed by atoms with Gasteiger partial charge in [-0.05, 0) is 5.92 Å². The Morgan fingerprint density at radius 2 is 2.24 bits per heavy atom. The van der Waals surface area contributed by atoms with Crippen molar-refractivity contribution >= 4 is 5.82 Å². The van der Waals surface area contributed by atoms with Crippen LogP contribution in [0.1, 0.15) is 25.5 Å². The first-order chi connectivity index (χ1) is 8.11. The van der Waals surface area contributed by atoms with Crippen molar-refractivity contribution in [2.24, 2.45) is 0 Å². The summed E-state index contributed by atoms with van der Waals surface area (Å²) in [5.74, 6) is 0.934. The number of aliphatic hydroxyl groups is 1. The Balaban J connectivity index is 2.31. The van der Waals surface area contributed by atoms with Gasteiger partial charge in [-0.1, -0.05) is 13.8 Å². The molecule has 2 aromatic heterocycles. The second kappa shape index (κ2) is 4.58. The van der Waals surface area contributed by atoms with Gasteiger partial charge in [-0.2, -0.15) is 10.2 Å². The third-order valence-corrected chi connectivity index (χ3v) is 2.54. The smallest absolute Gasteiger partial charge is 0.127 e. The molecule has 0 spiro atoms. The second-order valence-corrected chi connectivity index (χ2v) is 4.25. The number of aliphatic hydroxyl groups excluding tert-OH is 1. The summed E-state index contributed by atoms with van der Waals surface area (Å²) in [5.41, 5.74) is 7.67. The van der Waals surface area contributed by atoms with Crippen molar-refractivity contribution in [2.45, 2.75) is 26.3 Å². The predicted molar refractivity (Wildman–Crippen MR) is 64.9 cm³/mol. The highest BCUT2D eigenvalue weighted by atomic mass is 16.3. The van der Waals surface area contributed by atoms with Crippen LogP contribution in [0.5, 0.6) is 0 Å². The molecule has 0 radical (unpaired) electrons. The molecule has 0 fully saturated rings. The molecule has 2 aromatic rings. The number of nitrogens with two attached hydrogens (primary N) is 1. The average Bonchev–Trinajstić information content (AvgIpc) is 2.85. The van der Waals surface area contributed by atoms with E-state index in [4.69, 9.17) is 10.8 Å². The molecule has 2 heterocycles. The van der Waals surface area contributed by atoms with Gasteiger partial charge in [0.05, 0.1) is 31.2 Å². The quantitative estimate of drug-likeness (QED) is 0.820. The standard InChI is InChI=1S/C11H17N5O/c1-8(2)10-5-11(12)16(14-10)9-6-13-15(7-9)3-4-17/h5-8,17H,3-4,12H2,1-2H3. The van der Waals surface area contributed by atoms with Gasteiger partial charge in [0, 0.05) is 6.07 Å². The molecule has 3 N–H and O–H groups in total. The third kappa shape index (κ3) is 2.31. The fourth-order valence-electron chi connectivity index (χ4n) is 1.59. The summed E-state index contributed by atoms with van der Waals surface area (Å²) < 4.78 is 3.32. The van der Waals surface area contributed by atoms with E-state index in [2.05, 4.69) is 24.0 Å². The highest BCUT2D eigenvalue weighted by Gasteiger charge is 2.10.